The number of carbonyl (C=O) groups is 2. The van der Waals surface area contributed by atoms with Gasteiger partial charge in [0.05, 0.1) is 17.4 Å². The van der Waals surface area contributed by atoms with E-state index in [9.17, 15) is 19.8 Å². The van der Waals surface area contributed by atoms with Gasteiger partial charge in [0, 0.05) is 18.8 Å². The van der Waals surface area contributed by atoms with Crippen LogP contribution in [0, 0.1) is 19.3 Å². The van der Waals surface area contributed by atoms with Crippen LogP contribution in [0.4, 0.5) is 0 Å². The maximum absolute atomic E-state index is 13.0. The standard InChI is InChI=1S/C19H23N3O4/c1-12-16(13(2)21-20-12)17(24)22-9-8-15(23)19(11-22,18(25)26)10-14-6-4-3-5-7-14/h3-7,15,23H,8-11H2,1-2H3,(H,20,21)(H,25,26)/t15-,19-/m1/s1. The third kappa shape index (κ3) is 3.10. The highest BCUT2D eigenvalue weighted by molar-refractivity contribution is 5.96. The number of amides is 1. The molecule has 1 aromatic carbocycles. The number of H-pyrrole nitrogens is 1. The summed E-state index contributed by atoms with van der Waals surface area (Å²) in [5.74, 6) is -1.34. The molecular formula is C19H23N3O4. The Morgan fingerprint density at radius 3 is 2.58 bits per heavy atom. The summed E-state index contributed by atoms with van der Waals surface area (Å²) >= 11 is 0. The summed E-state index contributed by atoms with van der Waals surface area (Å²) in [6, 6.07) is 9.20. The number of aryl methyl sites for hydroxylation is 2. The van der Waals surface area contributed by atoms with E-state index >= 15 is 0 Å². The van der Waals surface area contributed by atoms with Crippen molar-refractivity contribution in [3.8, 4) is 0 Å². The minimum absolute atomic E-state index is 0.0404. The van der Waals surface area contributed by atoms with Gasteiger partial charge in [0.25, 0.3) is 5.91 Å². The predicted molar refractivity (Wildman–Crippen MR) is 94.8 cm³/mol. The quantitative estimate of drug-likeness (QED) is 0.770. The van der Waals surface area contributed by atoms with E-state index in [0.717, 1.165) is 5.56 Å². The van der Waals surface area contributed by atoms with Gasteiger partial charge in [-0.15, -0.1) is 0 Å². The van der Waals surface area contributed by atoms with Crippen LogP contribution in [-0.2, 0) is 11.2 Å². The van der Waals surface area contributed by atoms with Gasteiger partial charge in [-0.2, -0.15) is 5.10 Å². The van der Waals surface area contributed by atoms with Gasteiger partial charge >= 0.3 is 5.97 Å². The van der Waals surface area contributed by atoms with Gasteiger partial charge in [0.1, 0.15) is 5.41 Å². The Labute approximate surface area is 151 Å². The highest BCUT2D eigenvalue weighted by Crippen LogP contribution is 2.35. The van der Waals surface area contributed by atoms with E-state index in [0.29, 0.717) is 23.5 Å². The average molecular weight is 357 g/mol. The number of aliphatic carboxylic acids is 1. The topological polar surface area (TPSA) is 107 Å². The van der Waals surface area contributed by atoms with Crippen molar-refractivity contribution in [2.45, 2.75) is 32.8 Å². The SMILES string of the molecule is Cc1n[nH]c(C)c1C(=O)N1CC[C@@H](O)[C@](Cc2ccccc2)(C(=O)O)C1. The molecule has 0 spiro atoms. The molecule has 0 unspecified atom stereocenters. The van der Waals surface area contributed by atoms with E-state index in [2.05, 4.69) is 10.2 Å². The van der Waals surface area contributed by atoms with Crippen LogP contribution in [-0.4, -0.2) is 56.4 Å². The molecule has 0 bridgehead atoms. The Balaban J connectivity index is 1.92. The van der Waals surface area contributed by atoms with Crippen LogP contribution in [0.15, 0.2) is 30.3 Å². The second-order valence-electron chi connectivity index (χ2n) is 6.96. The van der Waals surface area contributed by atoms with Crippen LogP contribution in [0.5, 0.6) is 0 Å². The lowest BCUT2D eigenvalue weighted by molar-refractivity contribution is -0.161. The summed E-state index contributed by atoms with van der Waals surface area (Å²) in [5, 5.41) is 27.3. The molecule has 2 aromatic rings. The van der Waals surface area contributed by atoms with E-state index in [-0.39, 0.29) is 25.3 Å². The molecule has 1 fully saturated rings. The van der Waals surface area contributed by atoms with Gasteiger partial charge in [0.2, 0.25) is 0 Å². The molecule has 1 saturated heterocycles. The largest absolute Gasteiger partial charge is 0.481 e. The van der Waals surface area contributed by atoms with Gasteiger partial charge in [-0.3, -0.25) is 14.7 Å². The zero-order valence-electron chi connectivity index (χ0n) is 14.9. The van der Waals surface area contributed by atoms with Crippen molar-refractivity contribution in [2.24, 2.45) is 5.41 Å². The zero-order valence-corrected chi connectivity index (χ0v) is 14.9. The minimum Gasteiger partial charge on any atom is -0.481 e. The first kappa shape index (κ1) is 18.1. The van der Waals surface area contributed by atoms with Crippen LogP contribution in [0.1, 0.15) is 33.7 Å². The Morgan fingerprint density at radius 1 is 1.31 bits per heavy atom. The molecule has 7 nitrogen and oxygen atoms in total. The lowest BCUT2D eigenvalue weighted by atomic mass is 9.72. The molecule has 3 N–H and O–H groups in total. The molecule has 2 atom stereocenters. The summed E-state index contributed by atoms with van der Waals surface area (Å²) in [7, 11) is 0. The number of nitrogens with zero attached hydrogens (tertiary/aromatic N) is 2. The molecule has 26 heavy (non-hydrogen) atoms. The summed E-state index contributed by atoms with van der Waals surface area (Å²) in [4.78, 5) is 26.6. The van der Waals surface area contributed by atoms with Crippen molar-refractivity contribution >= 4 is 11.9 Å². The van der Waals surface area contributed by atoms with Gasteiger partial charge in [-0.25, -0.2) is 0 Å². The van der Waals surface area contributed by atoms with Crippen LogP contribution >= 0.6 is 0 Å². The number of rotatable bonds is 4. The first-order chi connectivity index (χ1) is 12.3. The highest BCUT2D eigenvalue weighted by Gasteiger charge is 2.50. The Bertz CT molecular complexity index is 798. The molecule has 7 heteroatoms. The Kier molecular flexibility index (Phi) is 4.82. The summed E-state index contributed by atoms with van der Waals surface area (Å²) < 4.78 is 0. The van der Waals surface area contributed by atoms with Crippen LogP contribution in [0.3, 0.4) is 0 Å². The fraction of sp³-hybridized carbons (Fsp3) is 0.421. The number of likely N-dealkylation sites (tertiary alicyclic amines) is 1. The van der Waals surface area contributed by atoms with Crippen molar-refractivity contribution < 1.29 is 19.8 Å². The summed E-state index contributed by atoms with van der Waals surface area (Å²) in [5.41, 5.74) is 1.10. The molecule has 138 valence electrons. The molecule has 1 amide bonds. The van der Waals surface area contributed by atoms with Crippen LogP contribution < -0.4 is 0 Å². The number of aromatic nitrogens is 2. The monoisotopic (exact) mass is 357 g/mol. The number of carbonyl (C=O) groups excluding carboxylic acids is 1. The molecule has 3 rings (SSSR count). The molecule has 2 heterocycles. The van der Waals surface area contributed by atoms with Gasteiger partial charge in [-0.1, -0.05) is 30.3 Å². The van der Waals surface area contributed by atoms with E-state index in [1.807, 2.05) is 30.3 Å². The maximum atomic E-state index is 13.0. The summed E-state index contributed by atoms with van der Waals surface area (Å²) in [6.45, 7) is 3.78. The number of piperidine rings is 1. The first-order valence-corrected chi connectivity index (χ1v) is 8.61. The lowest BCUT2D eigenvalue weighted by Crippen LogP contribution is -2.58. The molecule has 0 aliphatic carbocycles. The highest BCUT2D eigenvalue weighted by atomic mass is 16.4. The van der Waals surface area contributed by atoms with Gasteiger partial charge < -0.3 is 15.1 Å². The third-order valence-electron chi connectivity index (χ3n) is 5.20. The second kappa shape index (κ2) is 6.92. The third-order valence-corrected chi connectivity index (χ3v) is 5.20. The van der Waals surface area contributed by atoms with Crippen molar-refractivity contribution in [1.29, 1.82) is 0 Å². The number of carboxylic acids is 1. The molecule has 1 aliphatic rings. The number of hydrogen-bond donors (Lipinski definition) is 3. The molecule has 1 aromatic heterocycles. The Hall–Kier alpha value is -2.67. The van der Waals surface area contributed by atoms with Gasteiger partial charge in [-0.05, 0) is 32.3 Å². The fourth-order valence-electron chi connectivity index (χ4n) is 3.70. The predicted octanol–water partition coefficient (Wildman–Crippen LogP) is 1.55. The Morgan fingerprint density at radius 2 is 2.00 bits per heavy atom. The van der Waals surface area contributed by atoms with E-state index in [1.165, 1.54) is 4.90 Å². The zero-order chi connectivity index (χ0) is 18.9. The number of carboxylic acid groups (broad SMARTS) is 1. The number of nitrogens with one attached hydrogen (secondary N) is 1. The van der Waals surface area contributed by atoms with E-state index in [4.69, 9.17) is 0 Å². The number of aliphatic hydroxyl groups is 1. The van der Waals surface area contributed by atoms with Crippen LogP contribution in [0.2, 0.25) is 0 Å². The normalized spacial score (nSPS) is 23.0. The van der Waals surface area contributed by atoms with Crippen molar-refractivity contribution in [3.05, 3.63) is 52.8 Å². The summed E-state index contributed by atoms with van der Waals surface area (Å²) in [6.07, 6.45) is -0.631. The van der Waals surface area contributed by atoms with Crippen molar-refractivity contribution in [1.82, 2.24) is 15.1 Å². The first-order valence-electron chi connectivity index (χ1n) is 8.61. The smallest absolute Gasteiger partial charge is 0.314 e. The average Bonchev–Trinajstić information content (AvgIpc) is 2.95. The number of benzene rings is 1. The molecule has 1 aliphatic heterocycles. The van der Waals surface area contributed by atoms with Crippen molar-refractivity contribution in [2.75, 3.05) is 13.1 Å². The van der Waals surface area contributed by atoms with E-state index in [1.54, 1.807) is 13.8 Å². The fourth-order valence-corrected chi connectivity index (χ4v) is 3.70. The maximum Gasteiger partial charge on any atom is 0.314 e. The minimum atomic E-state index is -1.43. The molecule has 0 radical (unpaired) electrons. The molecular weight excluding hydrogens is 334 g/mol. The van der Waals surface area contributed by atoms with E-state index < -0.39 is 17.5 Å². The second-order valence-corrected chi connectivity index (χ2v) is 6.96. The van der Waals surface area contributed by atoms with Gasteiger partial charge in [0.15, 0.2) is 0 Å². The number of hydrogen-bond acceptors (Lipinski definition) is 4. The number of aromatic amines is 1. The van der Waals surface area contributed by atoms with Crippen LogP contribution in [0.25, 0.3) is 0 Å². The number of aliphatic hydroxyl groups excluding tert-OH is 1. The lowest BCUT2D eigenvalue weighted by Gasteiger charge is -2.43. The van der Waals surface area contributed by atoms with Crippen molar-refractivity contribution in [3.63, 3.8) is 0 Å². The molecule has 0 saturated carbocycles.